The summed E-state index contributed by atoms with van der Waals surface area (Å²) in [5.74, 6) is 0. The van der Waals surface area contributed by atoms with E-state index in [2.05, 4.69) is 205 Å². The molecule has 1 spiro atoms. The number of para-hydroxylation sites is 1. The van der Waals surface area contributed by atoms with Crippen molar-refractivity contribution in [1.82, 2.24) is 0 Å². The maximum atomic E-state index is 2.50. The lowest BCUT2D eigenvalue weighted by atomic mass is 9.73. The van der Waals surface area contributed by atoms with Gasteiger partial charge in [-0.1, -0.05) is 176 Å². The van der Waals surface area contributed by atoms with Gasteiger partial charge in [0.25, 0.3) is 0 Å². The first-order valence-electron chi connectivity index (χ1n) is 19.3. The number of fused-ring (bicyclic) bond motifs is 6. The minimum Gasteiger partial charge on any atom is -0.336 e. The molecule has 0 N–H and O–H groups in total. The lowest BCUT2D eigenvalue weighted by Gasteiger charge is -2.29. The highest BCUT2D eigenvalue weighted by atomic mass is 15.1. The average Bonchev–Trinajstić information content (AvgIpc) is 3.85. The van der Waals surface area contributed by atoms with Gasteiger partial charge >= 0.3 is 0 Å². The number of anilines is 2. The van der Waals surface area contributed by atoms with Gasteiger partial charge in [0.05, 0.1) is 5.41 Å². The van der Waals surface area contributed by atoms with Crippen LogP contribution in [0.3, 0.4) is 0 Å². The maximum Gasteiger partial charge on any atom is 0.0737 e. The zero-order chi connectivity index (χ0) is 36.1. The van der Waals surface area contributed by atoms with E-state index < -0.39 is 0 Å². The number of nitrogens with zero attached hydrogens (tertiary/aromatic N) is 1. The molecular weight excluding hydrogens is 663 g/mol. The molecule has 3 aliphatic carbocycles. The Balaban J connectivity index is 0.994. The number of rotatable bonds is 6. The molecule has 0 amide bonds. The SMILES string of the molecule is c1ccc(CN(c2ccc(-c3ccc4c(c3)C35c6ccccc6-c6cccc(c63)-c3cccc-4c35)cc2)c2ccccc2-c2cccc3ccccc23)cc1. The first kappa shape index (κ1) is 30.5. The van der Waals surface area contributed by atoms with Crippen LogP contribution in [0.5, 0.6) is 0 Å². The first-order valence-corrected chi connectivity index (χ1v) is 19.3. The molecule has 9 aromatic carbocycles. The summed E-state index contributed by atoms with van der Waals surface area (Å²) >= 11 is 0. The summed E-state index contributed by atoms with van der Waals surface area (Å²) in [7, 11) is 0. The Morgan fingerprint density at radius 1 is 0.364 bits per heavy atom. The van der Waals surface area contributed by atoms with Crippen molar-refractivity contribution < 1.29 is 0 Å². The van der Waals surface area contributed by atoms with E-state index >= 15 is 0 Å². The van der Waals surface area contributed by atoms with E-state index in [1.165, 1.54) is 99.9 Å². The molecule has 256 valence electrons. The van der Waals surface area contributed by atoms with Gasteiger partial charge in [-0.15, -0.1) is 0 Å². The standard InChI is InChI=1S/C54H35N/c1-2-13-35(14-3-1)34-55(51-26-9-7-19-44(51)41-20-10-16-37-15-4-5-17-40(37)41)39-30-27-36(28-31-39)38-29-32-43-46-22-12-24-48-47-23-11-21-45-42-18-6-8-25-49(42)54(52(45)47,53(46)48)50(43)33-38/h1-33H,34H2. The lowest BCUT2D eigenvalue weighted by Crippen LogP contribution is -2.23. The van der Waals surface area contributed by atoms with Crippen LogP contribution in [0.2, 0.25) is 0 Å². The van der Waals surface area contributed by atoms with Gasteiger partial charge in [-0.2, -0.15) is 0 Å². The predicted octanol–water partition coefficient (Wildman–Crippen LogP) is 13.8. The van der Waals surface area contributed by atoms with Crippen molar-refractivity contribution >= 4 is 22.1 Å². The van der Waals surface area contributed by atoms with Gasteiger partial charge in [0.15, 0.2) is 0 Å². The van der Waals surface area contributed by atoms with E-state index in [0.717, 1.165) is 12.2 Å². The van der Waals surface area contributed by atoms with E-state index in [-0.39, 0.29) is 5.41 Å². The molecule has 0 saturated heterocycles. The van der Waals surface area contributed by atoms with Crippen molar-refractivity contribution in [3.8, 4) is 55.6 Å². The number of hydrogen-bond acceptors (Lipinski definition) is 1. The van der Waals surface area contributed by atoms with Crippen molar-refractivity contribution in [2.75, 3.05) is 4.90 Å². The molecule has 1 nitrogen and oxygen atoms in total. The molecule has 0 aromatic heterocycles. The lowest BCUT2D eigenvalue weighted by molar-refractivity contribution is 0.818. The van der Waals surface area contributed by atoms with Crippen LogP contribution in [-0.2, 0) is 12.0 Å². The fourth-order valence-electron chi connectivity index (χ4n) is 10.2. The second kappa shape index (κ2) is 11.5. The Morgan fingerprint density at radius 2 is 0.909 bits per heavy atom. The van der Waals surface area contributed by atoms with Gasteiger partial charge in [-0.3, -0.25) is 0 Å². The Labute approximate surface area is 321 Å². The molecule has 55 heavy (non-hydrogen) atoms. The average molecular weight is 698 g/mol. The third kappa shape index (κ3) is 4.18. The van der Waals surface area contributed by atoms with Crippen LogP contribution in [0.15, 0.2) is 200 Å². The van der Waals surface area contributed by atoms with Gasteiger partial charge < -0.3 is 4.90 Å². The van der Waals surface area contributed by atoms with Crippen LogP contribution in [0.1, 0.15) is 27.8 Å². The van der Waals surface area contributed by atoms with E-state index in [1.807, 2.05) is 0 Å². The minimum atomic E-state index is -0.280. The molecule has 1 atom stereocenters. The molecular formula is C54H35N. The molecule has 0 radical (unpaired) electrons. The zero-order valence-electron chi connectivity index (χ0n) is 30.2. The normalized spacial score (nSPS) is 15.1. The van der Waals surface area contributed by atoms with Crippen molar-refractivity contribution in [2.45, 2.75) is 12.0 Å². The van der Waals surface area contributed by atoms with Crippen molar-refractivity contribution in [3.05, 3.63) is 228 Å². The predicted molar refractivity (Wildman–Crippen MR) is 229 cm³/mol. The van der Waals surface area contributed by atoms with E-state index in [1.54, 1.807) is 0 Å². The van der Waals surface area contributed by atoms with E-state index in [9.17, 15) is 0 Å². The zero-order valence-corrected chi connectivity index (χ0v) is 30.2. The van der Waals surface area contributed by atoms with Gasteiger partial charge in [0.1, 0.15) is 0 Å². The van der Waals surface area contributed by atoms with Crippen LogP contribution in [0.25, 0.3) is 66.4 Å². The molecule has 0 aliphatic heterocycles. The van der Waals surface area contributed by atoms with Crippen LogP contribution >= 0.6 is 0 Å². The highest BCUT2D eigenvalue weighted by Crippen LogP contribution is 2.70. The third-order valence-corrected chi connectivity index (χ3v) is 12.5. The third-order valence-electron chi connectivity index (χ3n) is 12.5. The fraction of sp³-hybridized carbons (Fsp3) is 0.0370. The Morgan fingerprint density at radius 3 is 1.69 bits per heavy atom. The highest BCUT2D eigenvalue weighted by molar-refractivity contribution is 6.06. The summed E-state index contributed by atoms with van der Waals surface area (Å²) in [5, 5.41) is 2.51. The second-order valence-electron chi connectivity index (χ2n) is 15.2. The van der Waals surface area contributed by atoms with Crippen LogP contribution in [-0.4, -0.2) is 0 Å². The van der Waals surface area contributed by atoms with Crippen LogP contribution < -0.4 is 4.90 Å². The van der Waals surface area contributed by atoms with Gasteiger partial charge in [-0.05, 0) is 113 Å². The van der Waals surface area contributed by atoms with Gasteiger partial charge in [-0.25, -0.2) is 0 Å². The van der Waals surface area contributed by atoms with Crippen molar-refractivity contribution in [1.29, 1.82) is 0 Å². The molecule has 12 rings (SSSR count). The molecule has 1 heteroatoms. The first-order chi connectivity index (χ1) is 27.3. The largest absolute Gasteiger partial charge is 0.336 e. The minimum absolute atomic E-state index is 0.280. The Kier molecular flexibility index (Phi) is 6.39. The number of benzene rings is 9. The second-order valence-corrected chi connectivity index (χ2v) is 15.2. The van der Waals surface area contributed by atoms with Crippen molar-refractivity contribution in [3.63, 3.8) is 0 Å². The Bertz CT molecular complexity index is 2970. The van der Waals surface area contributed by atoms with Gasteiger partial charge in [0, 0.05) is 23.5 Å². The van der Waals surface area contributed by atoms with Crippen LogP contribution in [0.4, 0.5) is 11.4 Å². The summed E-state index contributed by atoms with van der Waals surface area (Å²) in [5.41, 5.74) is 22.3. The van der Waals surface area contributed by atoms with E-state index in [4.69, 9.17) is 0 Å². The van der Waals surface area contributed by atoms with E-state index in [0.29, 0.717) is 0 Å². The fourth-order valence-corrected chi connectivity index (χ4v) is 10.2. The number of hydrogen-bond donors (Lipinski definition) is 0. The molecule has 9 aromatic rings. The van der Waals surface area contributed by atoms with Crippen molar-refractivity contribution in [2.24, 2.45) is 0 Å². The van der Waals surface area contributed by atoms with Gasteiger partial charge in [0.2, 0.25) is 0 Å². The topological polar surface area (TPSA) is 3.24 Å². The smallest absolute Gasteiger partial charge is 0.0737 e. The highest BCUT2D eigenvalue weighted by Gasteiger charge is 2.57. The molecule has 1 unspecified atom stereocenters. The van der Waals surface area contributed by atoms with Crippen LogP contribution in [0, 0.1) is 0 Å². The molecule has 0 saturated carbocycles. The molecule has 0 fully saturated rings. The summed E-state index contributed by atoms with van der Waals surface area (Å²) in [6, 6.07) is 74.4. The molecule has 0 heterocycles. The monoisotopic (exact) mass is 697 g/mol. The quantitative estimate of drug-likeness (QED) is 0.167. The summed E-state index contributed by atoms with van der Waals surface area (Å²) in [6.07, 6.45) is 0. The Hall–Kier alpha value is -6.96. The molecule has 0 bridgehead atoms. The summed E-state index contributed by atoms with van der Waals surface area (Å²) in [4.78, 5) is 2.47. The maximum absolute atomic E-state index is 2.50. The summed E-state index contributed by atoms with van der Waals surface area (Å²) < 4.78 is 0. The molecule has 3 aliphatic rings. The summed E-state index contributed by atoms with van der Waals surface area (Å²) in [6.45, 7) is 0.755.